The summed E-state index contributed by atoms with van der Waals surface area (Å²) in [6.07, 6.45) is 0. The zero-order valence-corrected chi connectivity index (χ0v) is 33.8. The number of benzene rings is 9. The molecule has 9 aromatic rings. The van der Waals surface area contributed by atoms with E-state index in [2.05, 4.69) is 254 Å². The van der Waals surface area contributed by atoms with Crippen molar-refractivity contribution >= 4 is 34.1 Å². The van der Waals surface area contributed by atoms with E-state index in [0.717, 1.165) is 34.1 Å². The fraction of sp³-hybridized carbons (Fsp3) is 0.0690. The summed E-state index contributed by atoms with van der Waals surface area (Å²) >= 11 is 0. The molecule has 9 aromatic carbocycles. The Morgan fingerprint density at radius 3 is 1.15 bits per heavy atom. The minimum Gasteiger partial charge on any atom is -0.311 e. The van der Waals surface area contributed by atoms with Crippen LogP contribution >= 0.6 is 0 Å². The van der Waals surface area contributed by atoms with Crippen molar-refractivity contribution in [1.82, 2.24) is 0 Å². The lowest BCUT2D eigenvalue weighted by Gasteiger charge is -2.46. The largest absolute Gasteiger partial charge is 0.311 e. The Bertz CT molecular complexity index is 2900. The first kappa shape index (κ1) is 35.7. The Kier molecular flexibility index (Phi) is 8.42. The molecule has 0 unspecified atom stereocenters. The third kappa shape index (κ3) is 5.48. The van der Waals surface area contributed by atoms with E-state index in [9.17, 15) is 0 Å². The van der Waals surface area contributed by atoms with Gasteiger partial charge in [-0.2, -0.15) is 0 Å². The smallest absolute Gasteiger partial charge is 0.0719 e. The highest BCUT2D eigenvalue weighted by Gasteiger charge is 2.53. The van der Waals surface area contributed by atoms with Crippen molar-refractivity contribution in [2.75, 3.05) is 9.80 Å². The highest BCUT2D eigenvalue weighted by atomic mass is 15.2. The van der Waals surface area contributed by atoms with Crippen molar-refractivity contribution in [1.29, 1.82) is 0 Å². The predicted molar refractivity (Wildman–Crippen MR) is 251 cm³/mol. The van der Waals surface area contributed by atoms with E-state index in [-0.39, 0.29) is 5.41 Å². The van der Waals surface area contributed by atoms with Crippen LogP contribution in [-0.2, 0) is 10.8 Å². The van der Waals surface area contributed by atoms with Crippen LogP contribution < -0.4 is 9.80 Å². The summed E-state index contributed by atoms with van der Waals surface area (Å²) in [4.78, 5) is 4.73. The summed E-state index contributed by atoms with van der Waals surface area (Å²) in [6.45, 7) is 4.76. The molecule has 60 heavy (non-hydrogen) atoms. The molecule has 0 atom stereocenters. The van der Waals surface area contributed by atoms with Crippen LogP contribution in [0.4, 0.5) is 34.1 Å². The number of anilines is 6. The molecule has 0 bridgehead atoms. The van der Waals surface area contributed by atoms with Crippen LogP contribution in [0.5, 0.6) is 0 Å². The van der Waals surface area contributed by atoms with Gasteiger partial charge in [0.2, 0.25) is 0 Å². The molecule has 0 saturated heterocycles. The van der Waals surface area contributed by atoms with Gasteiger partial charge in [0, 0.05) is 39.5 Å². The van der Waals surface area contributed by atoms with Gasteiger partial charge in [-0.1, -0.05) is 172 Å². The van der Waals surface area contributed by atoms with Gasteiger partial charge in [0.25, 0.3) is 0 Å². The second-order valence-corrected chi connectivity index (χ2v) is 16.5. The maximum absolute atomic E-state index is 2.44. The summed E-state index contributed by atoms with van der Waals surface area (Å²) in [5.74, 6) is 0. The van der Waals surface area contributed by atoms with Gasteiger partial charge in [0.1, 0.15) is 0 Å². The van der Waals surface area contributed by atoms with E-state index >= 15 is 0 Å². The topological polar surface area (TPSA) is 6.48 Å². The molecule has 0 aliphatic heterocycles. The fourth-order valence-corrected chi connectivity index (χ4v) is 10.2. The van der Waals surface area contributed by atoms with E-state index in [1.807, 2.05) is 0 Å². The molecule has 0 fully saturated rings. The minimum atomic E-state index is -0.435. The zero-order chi connectivity index (χ0) is 40.3. The van der Waals surface area contributed by atoms with Gasteiger partial charge >= 0.3 is 0 Å². The molecule has 2 aliphatic rings. The molecule has 0 radical (unpaired) electrons. The summed E-state index contributed by atoms with van der Waals surface area (Å²) in [6, 6.07) is 84.5. The van der Waals surface area contributed by atoms with Gasteiger partial charge < -0.3 is 9.80 Å². The van der Waals surface area contributed by atoms with Gasteiger partial charge in [-0.05, 0) is 128 Å². The second-order valence-electron chi connectivity index (χ2n) is 16.5. The molecule has 2 nitrogen and oxygen atoms in total. The molecular weight excluding hydrogens is 725 g/mol. The van der Waals surface area contributed by atoms with Crippen molar-refractivity contribution in [3.05, 3.63) is 264 Å². The Morgan fingerprint density at radius 1 is 0.267 bits per heavy atom. The summed E-state index contributed by atoms with van der Waals surface area (Å²) in [7, 11) is 0. The van der Waals surface area contributed by atoms with Crippen molar-refractivity contribution in [3.8, 4) is 22.3 Å². The maximum Gasteiger partial charge on any atom is 0.0719 e. The van der Waals surface area contributed by atoms with Gasteiger partial charge in [-0.3, -0.25) is 0 Å². The van der Waals surface area contributed by atoms with Gasteiger partial charge in [-0.15, -0.1) is 0 Å². The molecular formula is C58H44N2. The Balaban J connectivity index is 1.09. The lowest BCUT2D eigenvalue weighted by Crippen LogP contribution is -2.40. The van der Waals surface area contributed by atoms with E-state index in [1.54, 1.807) is 0 Å². The molecule has 0 aromatic heterocycles. The molecule has 286 valence electrons. The number of rotatable bonds is 7. The third-order valence-corrected chi connectivity index (χ3v) is 12.9. The van der Waals surface area contributed by atoms with Gasteiger partial charge in [-0.25, -0.2) is 0 Å². The van der Waals surface area contributed by atoms with E-state index in [1.165, 1.54) is 55.6 Å². The van der Waals surface area contributed by atoms with Crippen LogP contribution in [0.1, 0.15) is 47.2 Å². The Morgan fingerprint density at radius 2 is 0.617 bits per heavy atom. The summed E-state index contributed by atoms with van der Waals surface area (Å²) in [5, 5.41) is 0. The summed E-state index contributed by atoms with van der Waals surface area (Å²) in [5.41, 5.74) is 19.2. The lowest BCUT2D eigenvalue weighted by atomic mass is 9.55. The zero-order valence-electron chi connectivity index (χ0n) is 33.8. The minimum absolute atomic E-state index is 0.137. The average molecular weight is 769 g/mol. The third-order valence-electron chi connectivity index (χ3n) is 12.9. The van der Waals surface area contributed by atoms with E-state index in [0.29, 0.717) is 0 Å². The normalized spacial score (nSPS) is 13.8. The van der Waals surface area contributed by atoms with Gasteiger partial charge in [0.05, 0.1) is 5.41 Å². The standard InChI is InChI=1S/C58H44N2/c1-57(2)53-26-14-16-28-55(53)58(56-29-17-15-27-54(56)57)51-25-13-12-24-49(51)50-40-48(38-39-52(50)58)60(45-32-30-42(31-33-45)41-18-6-3-7-19-41)47-36-34-46(35-37-47)59(43-20-8-4-9-21-43)44-22-10-5-11-23-44/h3-40H,1-2H3. The van der Waals surface area contributed by atoms with Crippen molar-refractivity contribution in [3.63, 3.8) is 0 Å². The molecule has 2 aliphatic carbocycles. The highest BCUT2D eigenvalue weighted by molar-refractivity contribution is 5.92. The number of nitrogens with zero attached hydrogens (tertiary/aromatic N) is 2. The molecule has 2 heteroatoms. The van der Waals surface area contributed by atoms with Crippen LogP contribution in [0.2, 0.25) is 0 Å². The van der Waals surface area contributed by atoms with Crippen LogP contribution in [0.3, 0.4) is 0 Å². The van der Waals surface area contributed by atoms with Gasteiger partial charge in [0.15, 0.2) is 0 Å². The second kappa shape index (κ2) is 14.1. The van der Waals surface area contributed by atoms with Crippen molar-refractivity contribution in [2.24, 2.45) is 0 Å². The number of para-hydroxylation sites is 2. The van der Waals surface area contributed by atoms with Crippen LogP contribution in [0.25, 0.3) is 22.3 Å². The first-order valence-electron chi connectivity index (χ1n) is 20.9. The first-order chi connectivity index (χ1) is 29.5. The van der Waals surface area contributed by atoms with Crippen LogP contribution in [-0.4, -0.2) is 0 Å². The maximum atomic E-state index is 2.44. The highest BCUT2D eigenvalue weighted by Crippen LogP contribution is 2.62. The Hall–Kier alpha value is -7.42. The summed E-state index contributed by atoms with van der Waals surface area (Å²) < 4.78 is 0. The Labute approximate surface area is 353 Å². The lowest BCUT2D eigenvalue weighted by molar-refractivity contribution is 0.563. The van der Waals surface area contributed by atoms with Crippen molar-refractivity contribution in [2.45, 2.75) is 24.7 Å². The number of fused-ring (bicyclic) bond motifs is 9. The molecule has 0 amide bonds. The van der Waals surface area contributed by atoms with Crippen LogP contribution in [0, 0.1) is 0 Å². The molecule has 0 N–H and O–H groups in total. The molecule has 0 heterocycles. The molecule has 0 saturated carbocycles. The first-order valence-corrected chi connectivity index (χ1v) is 20.9. The quantitative estimate of drug-likeness (QED) is 0.159. The number of hydrogen-bond donors (Lipinski definition) is 0. The monoisotopic (exact) mass is 768 g/mol. The predicted octanol–water partition coefficient (Wildman–Crippen LogP) is 15.3. The van der Waals surface area contributed by atoms with Crippen LogP contribution in [0.15, 0.2) is 231 Å². The van der Waals surface area contributed by atoms with E-state index < -0.39 is 5.41 Å². The average Bonchev–Trinajstić information content (AvgIpc) is 3.60. The fourth-order valence-electron chi connectivity index (χ4n) is 10.2. The van der Waals surface area contributed by atoms with E-state index in [4.69, 9.17) is 0 Å². The SMILES string of the molecule is CC1(C)c2ccccc2C2(c3ccccc3-c3cc(N(c4ccc(-c5ccccc5)cc4)c4ccc(N(c5ccccc5)c5ccccc5)cc4)ccc32)c2ccccc21. The molecule has 11 rings (SSSR count). The number of hydrogen-bond acceptors (Lipinski definition) is 2. The molecule has 1 spiro atoms. The van der Waals surface area contributed by atoms with Crippen molar-refractivity contribution < 1.29 is 0 Å².